The molecule has 2 amide bonds. The molecule has 0 aromatic heterocycles. The number of hydrogen-bond acceptors (Lipinski definition) is 4. The maximum Gasteiger partial charge on any atom is 0.258 e. The van der Waals surface area contributed by atoms with E-state index in [1.165, 1.54) is 12.1 Å². The van der Waals surface area contributed by atoms with Gasteiger partial charge in [-0.05, 0) is 54.5 Å². The summed E-state index contributed by atoms with van der Waals surface area (Å²) in [5.74, 6) is 0.0699. The molecule has 0 atom stereocenters. The first-order valence-corrected chi connectivity index (χ1v) is 12.1. The van der Waals surface area contributed by atoms with Gasteiger partial charge in [-0.25, -0.2) is 0 Å². The molecule has 0 unspecified atom stereocenters. The molecular formula is C23H25Cl3N4O2S. The van der Waals surface area contributed by atoms with Crippen molar-refractivity contribution < 1.29 is 9.59 Å². The van der Waals surface area contributed by atoms with Crippen LogP contribution in [-0.2, 0) is 4.79 Å². The number of carbonyl (C=O) groups excluding carboxylic acids is 2. The predicted molar refractivity (Wildman–Crippen MR) is 140 cm³/mol. The van der Waals surface area contributed by atoms with Crippen LogP contribution in [0.15, 0.2) is 36.4 Å². The van der Waals surface area contributed by atoms with Gasteiger partial charge in [0, 0.05) is 42.6 Å². The van der Waals surface area contributed by atoms with E-state index in [4.69, 9.17) is 47.0 Å². The van der Waals surface area contributed by atoms with Crippen molar-refractivity contribution in [2.75, 3.05) is 36.4 Å². The van der Waals surface area contributed by atoms with E-state index in [1.54, 1.807) is 18.2 Å². The molecule has 176 valence electrons. The number of thiocarbonyl (C=S) groups is 1. The molecule has 3 rings (SSSR count). The molecule has 0 aliphatic carbocycles. The van der Waals surface area contributed by atoms with E-state index in [-0.39, 0.29) is 21.6 Å². The molecule has 0 bridgehead atoms. The summed E-state index contributed by atoms with van der Waals surface area (Å²) in [5, 5.41) is 7.01. The summed E-state index contributed by atoms with van der Waals surface area (Å²) in [6.07, 6.45) is 0.555. The van der Waals surface area contributed by atoms with Crippen molar-refractivity contribution in [3.63, 3.8) is 0 Å². The standard InChI is InChI=1S/C23H25Cl3N4O2S/c1-14(2)11-21(31)30-9-7-29(8-10-30)20-6-4-16(25)13-19(20)27-23(33)28-22(32)17-5-3-15(24)12-18(17)26/h3-6,12-14H,7-11H2,1-2H3,(H2,27,28,32,33). The molecule has 2 aromatic carbocycles. The van der Waals surface area contributed by atoms with Crippen LogP contribution in [0.25, 0.3) is 0 Å². The Kier molecular flexibility index (Phi) is 8.82. The highest BCUT2D eigenvalue weighted by molar-refractivity contribution is 7.80. The summed E-state index contributed by atoms with van der Waals surface area (Å²) in [6.45, 7) is 6.73. The Morgan fingerprint density at radius 3 is 2.27 bits per heavy atom. The number of nitrogens with one attached hydrogen (secondary N) is 2. The molecule has 33 heavy (non-hydrogen) atoms. The quantitative estimate of drug-likeness (QED) is 0.505. The second-order valence-corrected chi connectivity index (χ2v) is 9.85. The third kappa shape index (κ3) is 6.96. The predicted octanol–water partition coefficient (Wildman–Crippen LogP) is 5.47. The van der Waals surface area contributed by atoms with Crippen LogP contribution in [0.5, 0.6) is 0 Å². The lowest BCUT2D eigenvalue weighted by molar-refractivity contribution is -0.132. The van der Waals surface area contributed by atoms with Crippen molar-refractivity contribution in [3.05, 3.63) is 57.0 Å². The van der Waals surface area contributed by atoms with Gasteiger partial charge in [0.05, 0.1) is 22.0 Å². The summed E-state index contributed by atoms with van der Waals surface area (Å²) in [4.78, 5) is 29.0. The van der Waals surface area contributed by atoms with Crippen molar-refractivity contribution in [2.24, 2.45) is 5.92 Å². The lowest BCUT2D eigenvalue weighted by Crippen LogP contribution is -2.49. The minimum Gasteiger partial charge on any atom is -0.366 e. The second-order valence-electron chi connectivity index (χ2n) is 8.16. The van der Waals surface area contributed by atoms with Gasteiger partial charge >= 0.3 is 0 Å². The molecule has 0 spiro atoms. The molecule has 6 nitrogen and oxygen atoms in total. The SMILES string of the molecule is CC(C)CC(=O)N1CCN(c2ccc(Cl)cc2NC(=S)NC(=O)c2ccc(Cl)cc2Cl)CC1. The van der Waals surface area contributed by atoms with Crippen molar-refractivity contribution in [2.45, 2.75) is 20.3 Å². The highest BCUT2D eigenvalue weighted by Crippen LogP contribution is 2.30. The Balaban J connectivity index is 1.67. The number of halogens is 3. The fourth-order valence-electron chi connectivity index (χ4n) is 3.56. The third-order valence-corrected chi connectivity index (χ3v) is 6.15. The van der Waals surface area contributed by atoms with E-state index in [0.29, 0.717) is 54.3 Å². The molecule has 2 N–H and O–H groups in total. The topological polar surface area (TPSA) is 64.7 Å². The van der Waals surface area contributed by atoms with Crippen LogP contribution in [0.2, 0.25) is 15.1 Å². The van der Waals surface area contributed by atoms with Gasteiger partial charge in [0.2, 0.25) is 5.91 Å². The maximum atomic E-state index is 12.6. The van der Waals surface area contributed by atoms with Gasteiger partial charge in [-0.15, -0.1) is 0 Å². The molecule has 10 heteroatoms. The molecule has 0 saturated carbocycles. The Hall–Kier alpha value is -2.06. The molecular weight excluding hydrogens is 503 g/mol. The zero-order valence-corrected chi connectivity index (χ0v) is 21.4. The van der Waals surface area contributed by atoms with Gasteiger partial charge in [0.25, 0.3) is 5.91 Å². The molecule has 1 saturated heterocycles. The fourth-order valence-corrected chi connectivity index (χ4v) is 4.43. The summed E-state index contributed by atoms with van der Waals surface area (Å²) in [6, 6.07) is 10.1. The Bertz CT molecular complexity index is 1060. The van der Waals surface area contributed by atoms with Crippen LogP contribution >= 0.6 is 47.0 Å². The number of amides is 2. The number of benzene rings is 2. The van der Waals surface area contributed by atoms with E-state index in [2.05, 4.69) is 15.5 Å². The van der Waals surface area contributed by atoms with Crippen molar-refractivity contribution in [3.8, 4) is 0 Å². The highest BCUT2D eigenvalue weighted by Gasteiger charge is 2.23. The number of anilines is 2. The van der Waals surface area contributed by atoms with Gasteiger partial charge in [-0.3, -0.25) is 14.9 Å². The monoisotopic (exact) mass is 526 g/mol. The number of nitrogens with zero attached hydrogens (tertiary/aromatic N) is 2. The lowest BCUT2D eigenvalue weighted by Gasteiger charge is -2.37. The summed E-state index contributed by atoms with van der Waals surface area (Å²) < 4.78 is 0. The lowest BCUT2D eigenvalue weighted by atomic mass is 10.1. The first-order valence-electron chi connectivity index (χ1n) is 10.5. The van der Waals surface area contributed by atoms with E-state index < -0.39 is 5.91 Å². The van der Waals surface area contributed by atoms with Crippen molar-refractivity contribution in [1.29, 1.82) is 0 Å². The Morgan fingerprint density at radius 1 is 1.00 bits per heavy atom. The van der Waals surface area contributed by atoms with E-state index in [0.717, 1.165) is 5.69 Å². The van der Waals surface area contributed by atoms with Crippen LogP contribution in [0.4, 0.5) is 11.4 Å². The Morgan fingerprint density at radius 2 is 1.64 bits per heavy atom. The summed E-state index contributed by atoms with van der Waals surface area (Å²) in [5.41, 5.74) is 1.81. The molecule has 2 aromatic rings. The van der Waals surface area contributed by atoms with Crippen LogP contribution in [0.3, 0.4) is 0 Å². The number of hydrogen-bond donors (Lipinski definition) is 2. The number of piperazine rings is 1. The van der Waals surface area contributed by atoms with E-state index in [9.17, 15) is 9.59 Å². The first kappa shape index (κ1) is 25.6. The van der Waals surface area contributed by atoms with E-state index in [1.807, 2.05) is 24.8 Å². The Labute approximate surface area is 214 Å². The smallest absolute Gasteiger partial charge is 0.258 e. The molecule has 1 fully saturated rings. The molecule has 1 heterocycles. The minimum atomic E-state index is -0.449. The number of carbonyl (C=O) groups is 2. The normalized spacial score (nSPS) is 13.8. The van der Waals surface area contributed by atoms with E-state index >= 15 is 0 Å². The van der Waals surface area contributed by atoms with Gasteiger partial charge < -0.3 is 15.1 Å². The van der Waals surface area contributed by atoms with Gasteiger partial charge in [-0.2, -0.15) is 0 Å². The average molecular weight is 528 g/mol. The molecule has 0 radical (unpaired) electrons. The average Bonchev–Trinajstić information content (AvgIpc) is 2.73. The third-order valence-electron chi connectivity index (χ3n) is 5.17. The zero-order valence-electron chi connectivity index (χ0n) is 18.3. The van der Waals surface area contributed by atoms with Crippen LogP contribution < -0.4 is 15.5 Å². The largest absolute Gasteiger partial charge is 0.366 e. The maximum absolute atomic E-state index is 12.6. The van der Waals surface area contributed by atoms with Gasteiger partial charge in [-0.1, -0.05) is 48.7 Å². The summed E-state index contributed by atoms with van der Waals surface area (Å²) in [7, 11) is 0. The minimum absolute atomic E-state index is 0.111. The fraction of sp³-hybridized carbons (Fsp3) is 0.348. The first-order chi connectivity index (χ1) is 15.6. The second kappa shape index (κ2) is 11.4. The number of rotatable bonds is 5. The van der Waals surface area contributed by atoms with Gasteiger partial charge in [0.15, 0.2) is 5.11 Å². The van der Waals surface area contributed by atoms with Crippen LogP contribution in [0, 0.1) is 5.92 Å². The molecule has 1 aliphatic heterocycles. The molecule has 1 aliphatic rings. The van der Waals surface area contributed by atoms with Crippen LogP contribution in [0.1, 0.15) is 30.6 Å². The zero-order chi connectivity index (χ0) is 24.1. The van der Waals surface area contributed by atoms with Gasteiger partial charge in [0.1, 0.15) is 0 Å². The van der Waals surface area contributed by atoms with Crippen molar-refractivity contribution >= 4 is 75.3 Å². The highest BCUT2D eigenvalue weighted by atomic mass is 35.5. The summed E-state index contributed by atoms with van der Waals surface area (Å²) >= 11 is 23.6. The van der Waals surface area contributed by atoms with Crippen molar-refractivity contribution in [1.82, 2.24) is 10.2 Å². The van der Waals surface area contributed by atoms with Crippen LogP contribution in [-0.4, -0.2) is 48.0 Å².